The Hall–Kier alpha value is -2.23. The van der Waals surface area contributed by atoms with E-state index in [0.717, 1.165) is 5.56 Å². The van der Waals surface area contributed by atoms with E-state index in [2.05, 4.69) is 0 Å². The van der Waals surface area contributed by atoms with Crippen molar-refractivity contribution in [2.24, 2.45) is 0 Å². The van der Waals surface area contributed by atoms with Gasteiger partial charge >= 0.3 is 5.97 Å². The van der Waals surface area contributed by atoms with Gasteiger partial charge in [-0.2, -0.15) is 0 Å². The van der Waals surface area contributed by atoms with Gasteiger partial charge in [0.1, 0.15) is 11.5 Å². The lowest BCUT2D eigenvalue weighted by molar-refractivity contribution is 0.0702. The zero-order valence-electron chi connectivity index (χ0n) is 11.3. The molecule has 0 radical (unpaired) electrons. The molecule has 0 atom stereocenters. The van der Waals surface area contributed by atoms with Gasteiger partial charge in [0.25, 0.3) is 0 Å². The summed E-state index contributed by atoms with van der Waals surface area (Å²) in [5.74, 6) is 0.421. The first-order chi connectivity index (χ1) is 10.6. The highest BCUT2D eigenvalue weighted by Crippen LogP contribution is 2.29. The predicted octanol–water partition coefficient (Wildman–Crippen LogP) is 5.47. The largest absolute Gasteiger partial charge is 0.449 e. The maximum Gasteiger partial charge on any atom is 0.379 e. The molecule has 110 valence electrons. The highest BCUT2D eigenvalue weighted by atomic mass is 35.5. The van der Waals surface area contributed by atoms with Crippen LogP contribution in [-0.2, 0) is 0 Å². The van der Waals surface area contributed by atoms with Gasteiger partial charge in [-0.1, -0.05) is 35.3 Å². The maximum atomic E-state index is 12.0. The molecule has 0 aliphatic heterocycles. The van der Waals surface area contributed by atoms with Crippen molar-refractivity contribution in [2.75, 3.05) is 0 Å². The van der Waals surface area contributed by atoms with Gasteiger partial charge < -0.3 is 9.15 Å². The molecule has 1 heterocycles. The Labute approximate surface area is 137 Å². The Bertz CT molecular complexity index is 807. The molecule has 0 aliphatic rings. The molecule has 3 aromatic rings. The molecule has 1 aromatic heterocycles. The van der Waals surface area contributed by atoms with E-state index in [1.807, 2.05) is 18.2 Å². The van der Waals surface area contributed by atoms with Crippen LogP contribution < -0.4 is 4.74 Å². The minimum atomic E-state index is -0.583. The molecule has 2 aromatic carbocycles. The van der Waals surface area contributed by atoms with Gasteiger partial charge in [0.15, 0.2) is 0 Å². The summed E-state index contributed by atoms with van der Waals surface area (Å²) in [6.45, 7) is 0. The fourth-order valence-corrected chi connectivity index (χ4v) is 2.27. The number of benzene rings is 2. The molecule has 0 spiro atoms. The average Bonchev–Trinajstić information content (AvgIpc) is 3.00. The summed E-state index contributed by atoms with van der Waals surface area (Å²) in [4.78, 5) is 12.0. The zero-order valence-corrected chi connectivity index (χ0v) is 12.8. The third kappa shape index (κ3) is 3.16. The molecule has 0 unspecified atom stereocenters. The number of halogens is 2. The summed E-state index contributed by atoms with van der Waals surface area (Å²) < 4.78 is 10.7. The first kappa shape index (κ1) is 14.7. The lowest BCUT2D eigenvalue weighted by Gasteiger charge is -2.02. The van der Waals surface area contributed by atoms with Crippen molar-refractivity contribution in [1.29, 1.82) is 0 Å². The normalized spacial score (nSPS) is 10.5. The van der Waals surface area contributed by atoms with Gasteiger partial charge in [-0.15, -0.1) is 0 Å². The molecule has 0 aliphatic carbocycles. The second kappa shape index (κ2) is 6.26. The second-order valence-electron chi connectivity index (χ2n) is 4.49. The van der Waals surface area contributed by atoms with E-state index in [0.29, 0.717) is 21.6 Å². The van der Waals surface area contributed by atoms with Crippen LogP contribution >= 0.6 is 23.2 Å². The van der Waals surface area contributed by atoms with Crippen LogP contribution in [0, 0.1) is 0 Å². The topological polar surface area (TPSA) is 39.4 Å². The third-order valence-electron chi connectivity index (χ3n) is 2.97. The SMILES string of the molecule is O=C(Oc1ccc(Cl)cc1)c1ccc(-c2ccccc2Cl)o1. The van der Waals surface area contributed by atoms with Crippen LogP contribution in [0.15, 0.2) is 65.1 Å². The van der Waals surface area contributed by atoms with E-state index in [1.165, 1.54) is 0 Å². The molecule has 3 rings (SSSR count). The third-order valence-corrected chi connectivity index (χ3v) is 3.55. The number of ether oxygens (including phenoxy) is 1. The quantitative estimate of drug-likeness (QED) is 0.471. The van der Waals surface area contributed by atoms with Crippen molar-refractivity contribution < 1.29 is 13.9 Å². The Morgan fingerprint density at radius 2 is 1.64 bits per heavy atom. The first-order valence-corrected chi connectivity index (χ1v) is 7.21. The Balaban J connectivity index is 1.80. The number of rotatable bonds is 3. The second-order valence-corrected chi connectivity index (χ2v) is 5.33. The molecule has 0 saturated heterocycles. The maximum absolute atomic E-state index is 12.0. The Kier molecular flexibility index (Phi) is 4.18. The van der Waals surface area contributed by atoms with Crippen LogP contribution in [0.25, 0.3) is 11.3 Å². The number of carbonyl (C=O) groups excluding carboxylic acids is 1. The number of hydrogen-bond donors (Lipinski definition) is 0. The molecule has 5 heteroatoms. The average molecular weight is 333 g/mol. The van der Waals surface area contributed by atoms with Gasteiger partial charge in [0.05, 0.1) is 5.02 Å². The van der Waals surface area contributed by atoms with Crippen LogP contribution in [0.1, 0.15) is 10.6 Å². The van der Waals surface area contributed by atoms with Crippen LogP contribution in [0.5, 0.6) is 5.75 Å². The number of carbonyl (C=O) groups is 1. The van der Waals surface area contributed by atoms with Gasteiger partial charge in [-0.25, -0.2) is 4.79 Å². The van der Waals surface area contributed by atoms with Crippen LogP contribution in [0.2, 0.25) is 10.0 Å². The lowest BCUT2D eigenvalue weighted by atomic mass is 10.2. The van der Waals surface area contributed by atoms with Gasteiger partial charge in [0, 0.05) is 10.6 Å². The summed E-state index contributed by atoms with van der Waals surface area (Å²) in [5, 5.41) is 1.12. The fourth-order valence-electron chi connectivity index (χ4n) is 1.91. The summed E-state index contributed by atoms with van der Waals surface area (Å²) in [6.07, 6.45) is 0. The number of furan rings is 1. The van der Waals surface area contributed by atoms with Crippen molar-refractivity contribution in [2.45, 2.75) is 0 Å². The minimum absolute atomic E-state index is 0.102. The van der Waals surface area contributed by atoms with E-state index in [9.17, 15) is 4.79 Å². The highest BCUT2D eigenvalue weighted by molar-refractivity contribution is 6.33. The van der Waals surface area contributed by atoms with Crippen LogP contribution in [0.4, 0.5) is 0 Å². The molecule has 3 nitrogen and oxygen atoms in total. The van der Waals surface area contributed by atoms with Crippen molar-refractivity contribution in [3.63, 3.8) is 0 Å². The molecular formula is C17H10Cl2O3. The van der Waals surface area contributed by atoms with Crippen molar-refractivity contribution >= 4 is 29.2 Å². The molecule has 0 amide bonds. The molecule has 0 N–H and O–H groups in total. The smallest absolute Gasteiger partial charge is 0.379 e. The minimum Gasteiger partial charge on any atom is -0.449 e. The van der Waals surface area contributed by atoms with E-state index in [-0.39, 0.29) is 5.76 Å². The van der Waals surface area contributed by atoms with Crippen molar-refractivity contribution in [3.8, 4) is 17.1 Å². The molecule has 0 bridgehead atoms. The van der Waals surface area contributed by atoms with Crippen molar-refractivity contribution in [3.05, 3.63) is 76.5 Å². The molecular weight excluding hydrogens is 323 g/mol. The monoisotopic (exact) mass is 332 g/mol. The molecule has 22 heavy (non-hydrogen) atoms. The summed E-state index contributed by atoms with van der Waals surface area (Å²) >= 11 is 11.9. The fraction of sp³-hybridized carbons (Fsp3) is 0. The van der Waals surface area contributed by atoms with Gasteiger partial charge in [-0.3, -0.25) is 0 Å². The molecule has 0 saturated carbocycles. The van der Waals surface area contributed by atoms with Gasteiger partial charge in [-0.05, 0) is 48.5 Å². The van der Waals surface area contributed by atoms with Crippen LogP contribution in [0.3, 0.4) is 0 Å². The predicted molar refractivity (Wildman–Crippen MR) is 85.6 cm³/mol. The van der Waals surface area contributed by atoms with E-state index < -0.39 is 5.97 Å². The van der Waals surface area contributed by atoms with Crippen molar-refractivity contribution in [1.82, 2.24) is 0 Å². The highest BCUT2D eigenvalue weighted by Gasteiger charge is 2.15. The Morgan fingerprint density at radius 3 is 2.36 bits per heavy atom. The lowest BCUT2D eigenvalue weighted by Crippen LogP contribution is -2.06. The first-order valence-electron chi connectivity index (χ1n) is 6.46. The van der Waals surface area contributed by atoms with E-state index in [4.69, 9.17) is 32.4 Å². The van der Waals surface area contributed by atoms with Crippen LogP contribution in [-0.4, -0.2) is 5.97 Å². The van der Waals surface area contributed by atoms with E-state index in [1.54, 1.807) is 42.5 Å². The number of esters is 1. The Morgan fingerprint density at radius 1 is 0.909 bits per heavy atom. The van der Waals surface area contributed by atoms with E-state index >= 15 is 0 Å². The molecule has 0 fully saturated rings. The van der Waals surface area contributed by atoms with Gasteiger partial charge in [0.2, 0.25) is 5.76 Å². The standard InChI is InChI=1S/C17H10Cl2O3/c18-11-5-7-12(8-6-11)21-17(20)16-10-9-15(22-16)13-3-1-2-4-14(13)19/h1-10H. The zero-order chi connectivity index (χ0) is 15.5. The summed E-state index contributed by atoms with van der Waals surface area (Å²) in [6, 6.07) is 17.0. The summed E-state index contributed by atoms with van der Waals surface area (Å²) in [7, 11) is 0. The summed E-state index contributed by atoms with van der Waals surface area (Å²) in [5.41, 5.74) is 0.717. The number of hydrogen-bond acceptors (Lipinski definition) is 3.